The average molecular weight is 1310 g/mol. The van der Waals surface area contributed by atoms with Crippen molar-refractivity contribution in [3.05, 3.63) is 189 Å². The number of nitrogens with one attached hydrogen (secondary N) is 2. The minimum atomic E-state index is -2.75. The summed E-state index contributed by atoms with van der Waals surface area (Å²) in [6.07, 6.45) is -15.5. The van der Waals surface area contributed by atoms with Gasteiger partial charge in [-0.05, 0) is 60.2 Å². The number of hydrogen-bond donors (Lipinski definition) is 4. The van der Waals surface area contributed by atoms with Gasteiger partial charge in [0.1, 0.15) is 47.7 Å². The molecule has 1 aliphatic heterocycles. The summed E-state index contributed by atoms with van der Waals surface area (Å²) in [5, 5.41) is 28.3. The molecule has 2 bridgehead atoms. The Hall–Kier alpha value is -9.69. The summed E-state index contributed by atoms with van der Waals surface area (Å²) in [5.41, 5.74) is -10.8. The zero-order chi connectivity index (χ0) is 68.4. The summed E-state index contributed by atoms with van der Waals surface area (Å²) >= 11 is 0. The van der Waals surface area contributed by atoms with Crippen LogP contribution in [0.25, 0.3) is 0 Å². The second kappa shape index (κ2) is 27.5. The molecule has 21 nitrogen and oxygen atoms in total. The van der Waals surface area contributed by atoms with Gasteiger partial charge in [-0.3, -0.25) is 38.4 Å². The van der Waals surface area contributed by atoms with Gasteiger partial charge in [0.25, 0.3) is 5.91 Å². The van der Waals surface area contributed by atoms with Crippen LogP contribution in [0.5, 0.6) is 0 Å². The van der Waals surface area contributed by atoms with Crippen molar-refractivity contribution in [1.29, 1.82) is 0 Å². The Labute approximate surface area is 534 Å². The molecule has 0 unspecified atom stereocenters. The Balaban J connectivity index is 1.21. The molecular formula is C68H65F5N2O19. The summed E-state index contributed by atoms with van der Waals surface area (Å²) in [6, 6.07) is 26.2. The molecule has 5 aromatic rings. The van der Waals surface area contributed by atoms with Crippen LogP contribution in [0.2, 0.25) is 0 Å². The fourth-order valence-corrected chi connectivity index (χ4v) is 13.4. The van der Waals surface area contributed by atoms with E-state index < -0.39 is 203 Å². The number of carbonyl (C=O) groups excluding carboxylic acids is 9. The minimum absolute atomic E-state index is 0.0939. The number of Topliss-reactive ketones (excluding diaryl/α,β-unsaturated/α-hetero) is 1. The van der Waals surface area contributed by atoms with Crippen molar-refractivity contribution in [1.82, 2.24) is 10.6 Å². The zero-order valence-electron chi connectivity index (χ0n) is 51.4. The molecule has 0 spiro atoms. The fraction of sp³-hybridized carbons (Fsp3) is 0.382. The Bertz CT molecular complexity index is 3810. The molecule has 1 heterocycles. The number of halogens is 5. The van der Waals surface area contributed by atoms with E-state index in [1.807, 2.05) is 5.32 Å². The second-order valence-corrected chi connectivity index (χ2v) is 24.2. The van der Waals surface area contributed by atoms with E-state index in [1.54, 1.807) is 54.6 Å². The van der Waals surface area contributed by atoms with Gasteiger partial charge in [0, 0.05) is 38.5 Å². The molecule has 2 amide bonds. The normalized spacial score (nSPS) is 25.1. The molecule has 26 heteroatoms. The maximum atomic E-state index is 16.5. The zero-order valence-corrected chi connectivity index (χ0v) is 51.4. The number of amides is 2. The Morgan fingerprint density at radius 2 is 1.22 bits per heavy atom. The molecule has 1 saturated heterocycles. The van der Waals surface area contributed by atoms with Gasteiger partial charge in [0.2, 0.25) is 17.8 Å². The summed E-state index contributed by atoms with van der Waals surface area (Å²) in [7, 11) is 0. The van der Waals surface area contributed by atoms with Crippen LogP contribution in [-0.2, 0) is 84.4 Å². The standard InChI is InChI=1S/C68H65F5N2O19/c1-34-42(90-64(86)57(92-47(81)30-38-21-13-8-14-22-38)55(39-23-15-9-16-24-39)75-61(83)41(27-28-45(78)79)74-62(84)48-50(69)52(71)54(73)53(72)51(48)70)32-68(87)60(93-63(85)40-25-17-10-18-26-40)58-66(6,59(82)56(89-35(2)76)49(34)65(68,4)5)43(31-44-67(58,33-88-44)94-36(3)77)91-46(80)29-37-19-11-7-12-20-37/h7-26,41-44,55-58,60,87H,27-33H2,1-6H3,(H,74,84)(H,75,83)(H,78,79)/t41-,42+,43+,44-,55+,56-,57-,58+,60+,66-,67+,68-/m1/s1. The van der Waals surface area contributed by atoms with Crippen molar-refractivity contribution in [3.63, 3.8) is 0 Å². The molecule has 0 radical (unpaired) electrons. The van der Waals surface area contributed by atoms with Crippen molar-refractivity contribution >= 4 is 59.4 Å². The highest BCUT2D eigenvalue weighted by Crippen LogP contribution is 2.65. The molecule has 4 aliphatic rings. The third-order valence-corrected chi connectivity index (χ3v) is 18.0. The number of aliphatic hydroxyl groups is 1. The summed E-state index contributed by atoms with van der Waals surface area (Å²) in [6.45, 7) is 7.07. The first-order valence-electron chi connectivity index (χ1n) is 29.7. The number of benzene rings is 5. The summed E-state index contributed by atoms with van der Waals surface area (Å²) < 4.78 is 117. The number of carbonyl (C=O) groups is 10. The second-order valence-electron chi connectivity index (χ2n) is 24.2. The third kappa shape index (κ3) is 13.3. The van der Waals surface area contributed by atoms with Gasteiger partial charge in [-0.25, -0.2) is 31.5 Å². The summed E-state index contributed by atoms with van der Waals surface area (Å²) in [4.78, 5) is 143. The van der Waals surface area contributed by atoms with Gasteiger partial charge in [-0.1, -0.05) is 123 Å². The van der Waals surface area contributed by atoms with Crippen molar-refractivity contribution in [2.75, 3.05) is 6.61 Å². The van der Waals surface area contributed by atoms with E-state index in [1.165, 1.54) is 94.4 Å². The van der Waals surface area contributed by atoms with Gasteiger partial charge in [-0.2, -0.15) is 0 Å². The van der Waals surface area contributed by atoms with E-state index in [2.05, 4.69) is 5.32 Å². The molecule has 3 fully saturated rings. The van der Waals surface area contributed by atoms with Gasteiger partial charge >= 0.3 is 41.8 Å². The Morgan fingerprint density at radius 1 is 0.681 bits per heavy atom. The highest BCUT2D eigenvalue weighted by Gasteiger charge is 2.79. The fourth-order valence-electron chi connectivity index (χ4n) is 13.4. The van der Waals surface area contributed by atoms with Crippen LogP contribution in [0, 0.1) is 45.8 Å². The first-order chi connectivity index (χ1) is 44.4. The lowest BCUT2D eigenvalue weighted by molar-refractivity contribution is -0.346. The number of ketones is 1. The van der Waals surface area contributed by atoms with Crippen LogP contribution in [0.4, 0.5) is 22.0 Å². The molecule has 5 aromatic carbocycles. The number of esters is 6. The lowest BCUT2D eigenvalue weighted by atomic mass is 9.44. The lowest BCUT2D eigenvalue weighted by Crippen LogP contribution is -2.82. The Kier molecular flexibility index (Phi) is 20.1. The molecule has 9 rings (SSSR count). The number of fused-ring (bicyclic) bond motifs is 5. The Morgan fingerprint density at radius 3 is 1.76 bits per heavy atom. The molecule has 4 N–H and O–H groups in total. The molecule has 3 aliphatic carbocycles. The number of hydrogen-bond acceptors (Lipinski definition) is 18. The number of carboxylic acid groups (broad SMARTS) is 1. The summed E-state index contributed by atoms with van der Waals surface area (Å²) in [5.74, 6) is -27.7. The smallest absolute Gasteiger partial charge is 0.350 e. The number of aliphatic carboxylic acids is 1. The highest BCUT2D eigenvalue weighted by molar-refractivity contribution is 5.99. The van der Waals surface area contributed by atoms with Gasteiger partial charge in [0.15, 0.2) is 40.8 Å². The van der Waals surface area contributed by atoms with Crippen LogP contribution in [0.15, 0.2) is 132 Å². The number of carboxylic acids is 1. The van der Waals surface area contributed by atoms with E-state index in [0.717, 1.165) is 13.8 Å². The first-order valence-corrected chi connectivity index (χ1v) is 29.7. The van der Waals surface area contributed by atoms with Crippen molar-refractivity contribution in [2.45, 2.75) is 140 Å². The highest BCUT2D eigenvalue weighted by atomic mass is 19.2. The number of rotatable bonds is 21. The van der Waals surface area contributed by atoms with Gasteiger partial charge in [-0.15, -0.1) is 0 Å². The molecule has 2 saturated carbocycles. The third-order valence-electron chi connectivity index (χ3n) is 18.0. The molecule has 12 atom stereocenters. The molecule has 94 heavy (non-hydrogen) atoms. The van der Waals surface area contributed by atoms with E-state index in [4.69, 9.17) is 33.2 Å². The van der Waals surface area contributed by atoms with E-state index in [9.17, 15) is 61.7 Å². The van der Waals surface area contributed by atoms with Crippen LogP contribution in [-0.4, -0.2) is 130 Å². The average Bonchev–Trinajstić information content (AvgIpc) is 0.668. The van der Waals surface area contributed by atoms with Crippen LogP contribution >= 0.6 is 0 Å². The van der Waals surface area contributed by atoms with Crippen LogP contribution in [0.1, 0.15) is 111 Å². The lowest BCUT2D eigenvalue weighted by Gasteiger charge is -2.67. The molecule has 496 valence electrons. The predicted octanol–water partition coefficient (Wildman–Crippen LogP) is 7.37. The van der Waals surface area contributed by atoms with Crippen molar-refractivity contribution in [3.8, 4) is 0 Å². The SMILES string of the molecule is CC(=O)O[C@H]1C(=O)[C@]2(C)[C@@H](OC(=O)Cc3ccccc3)C[C@H]3OC[C@@]3(OC(C)=O)[C@H]2[C@H](OC(=O)c2ccccc2)[C@]2(O)C[C@H](OC(=O)[C@H](OC(=O)Cc3ccccc3)[C@@H](NC(=O)[C@@H](CCC(=O)O)NC(=O)c3c(F)c(F)c(F)c(F)c3F)c3ccccc3)C(C)=C1C2(C)C. The maximum Gasteiger partial charge on any atom is 0.350 e. The van der Waals surface area contributed by atoms with E-state index >= 15 is 18.4 Å². The van der Waals surface area contributed by atoms with Crippen molar-refractivity contribution in [2.24, 2.45) is 16.7 Å². The van der Waals surface area contributed by atoms with Gasteiger partial charge in [0.05, 0.1) is 36.3 Å². The van der Waals surface area contributed by atoms with Gasteiger partial charge < -0.3 is 54.0 Å². The minimum Gasteiger partial charge on any atom is -0.481 e. The quantitative estimate of drug-likeness (QED) is 0.0139. The van der Waals surface area contributed by atoms with E-state index in [0.29, 0.717) is 11.1 Å². The topological polar surface area (TPSA) is 300 Å². The molecular weight excluding hydrogens is 1240 g/mol. The first kappa shape index (κ1) is 68.7. The molecule has 0 aromatic heterocycles. The van der Waals surface area contributed by atoms with Crippen molar-refractivity contribution < 1.29 is 113 Å². The number of ether oxygens (including phenoxy) is 7. The van der Waals surface area contributed by atoms with Crippen LogP contribution < -0.4 is 10.6 Å². The van der Waals surface area contributed by atoms with E-state index in [-0.39, 0.29) is 35.1 Å². The maximum absolute atomic E-state index is 16.5. The predicted molar refractivity (Wildman–Crippen MR) is 314 cm³/mol. The monoisotopic (exact) mass is 1310 g/mol. The largest absolute Gasteiger partial charge is 0.481 e. The van der Waals surface area contributed by atoms with Crippen LogP contribution in [0.3, 0.4) is 0 Å².